The molecule has 49 valence electrons. The molecule has 0 heterocycles. The molecule has 0 aliphatic carbocycles. The summed E-state index contributed by atoms with van der Waals surface area (Å²) >= 11 is 2.02. The molecule has 0 aromatic carbocycles. The van der Waals surface area contributed by atoms with E-state index < -0.39 is 0 Å². The summed E-state index contributed by atoms with van der Waals surface area (Å²) in [6.45, 7) is 6.61. The second-order valence-corrected chi connectivity index (χ2v) is 3.43. The lowest BCUT2D eigenvalue weighted by atomic mass is 10.4. The van der Waals surface area contributed by atoms with Crippen molar-refractivity contribution < 1.29 is 0 Å². The largest absolute Gasteiger partial charge is 0.159 e. The van der Waals surface area contributed by atoms with E-state index in [9.17, 15) is 0 Å². The Morgan fingerprint density at radius 1 is 1.62 bits per heavy atom. The van der Waals surface area contributed by atoms with Gasteiger partial charge in [0.05, 0.1) is 0 Å². The zero-order chi connectivity index (χ0) is 6.41. The lowest BCUT2D eigenvalue weighted by Gasteiger charge is -2.04. The van der Waals surface area contributed by atoms with Crippen molar-refractivity contribution >= 4 is 11.8 Å². The number of hydrogen-bond donors (Lipinski definition) is 0. The van der Waals surface area contributed by atoms with E-state index >= 15 is 0 Å². The summed E-state index contributed by atoms with van der Waals surface area (Å²) in [5, 5.41) is 0.839. The Bertz CT molecular complexity index is 43.7. The molecule has 0 N–H and O–H groups in total. The van der Waals surface area contributed by atoms with E-state index in [0.29, 0.717) is 0 Å². The van der Waals surface area contributed by atoms with Crippen molar-refractivity contribution in [2.75, 3.05) is 5.75 Å². The van der Waals surface area contributed by atoms with Gasteiger partial charge >= 0.3 is 0 Å². The molecule has 0 saturated heterocycles. The molecular weight excluding hydrogens is 116 g/mol. The third-order valence-corrected chi connectivity index (χ3v) is 2.55. The minimum Gasteiger partial charge on any atom is -0.159 e. The average Bonchev–Trinajstić information content (AvgIpc) is 1.83. The summed E-state index contributed by atoms with van der Waals surface area (Å²) in [5.41, 5.74) is 0. The fraction of sp³-hybridized carbons (Fsp3) is 0.857. The molecule has 0 aromatic heterocycles. The van der Waals surface area contributed by atoms with Gasteiger partial charge in [-0.25, -0.2) is 0 Å². The quantitative estimate of drug-likeness (QED) is 0.565. The predicted molar refractivity (Wildman–Crippen MR) is 42.2 cm³/mol. The first-order valence-electron chi connectivity index (χ1n) is 3.20. The van der Waals surface area contributed by atoms with Gasteiger partial charge in [0.2, 0.25) is 0 Å². The molecule has 1 atom stereocenters. The van der Waals surface area contributed by atoms with Crippen LogP contribution in [0.4, 0.5) is 0 Å². The topological polar surface area (TPSA) is 0 Å². The SMILES string of the molecule is C[CH]CSC(C)CC. The highest BCUT2D eigenvalue weighted by atomic mass is 32.2. The first-order valence-corrected chi connectivity index (χ1v) is 4.25. The molecule has 0 bridgehead atoms. The fourth-order valence-electron chi connectivity index (χ4n) is 0.378. The lowest BCUT2D eigenvalue weighted by Crippen LogP contribution is -1.93. The molecule has 0 aliphatic heterocycles. The van der Waals surface area contributed by atoms with Crippen LogP contribution in [0.2, 0.25) is 0 Å². The van der Waals surface area contributed by atoms with E-state index in [1.165, 1.54) is 12.2 Å². The number of rotatable bonds is 4. The normalized spacial score (nSPS) is 13.9. The second kappa shape index (κ2) is 5.49. The molecule has 1 heteroatoms. The van der Waals surface area contributed by atoms with Crippen molar-refractivity contribution in [2.24, 2.45) is 0 Å². The maximum Gasteiger partial charge on any atom is 0.00161 e. The summed E-state index contributed by atoms with van der Waals surface area (Å²) in [4.78, 5) is 0. The van der Waals surface area contributed by atoms with Crippen LogP contribution >= 0.6 is 11.8 Å². The standard InChI is InChI=1S/C7H15S/c1-4-6-8-7(3)5-2/h4,7H,5-6H2,1-3H3. The minimum absolute atomic E-state index is 0.839. The summed E-state index contributed by atoms with van der Waals surface area (Å²) in [7, 11) is 0. The van der Waals surface area contributed by atoms with Gasteiger partial charge in [0.1, 0.15) is 0 Å². The molecule has 8 heavy (non-hydrogen) atoms. The third-order valence-electron chi connectivity index (χ3n) is 1.12. The van der Waals surface area contributed by atoms with Crippen LogP contribution < -0.4 is 0 Å². The first-order chi connectivity index (χ1) is 3.81. The van der Waals surface area contributed by atoms with Crippen molar-refractivity contribution in [3.63, 3.8) is 0 Å². The highest BCUT2D eigenvalue weighted by Crippen LogP contribution is 2.13. The Morgan fingerprint density at radius 2 is 2.25 bits per heavy atom. The van der Waals surface area contributed by atoms with Crippen LogP contribution in [0.25, 0.3) is 0 Å². The van der Waals surface area contributed by atoms with Crippen LogP contribution in [0, 0.1) is 6.42 Å². The molecule has 1 unspecified atom stereocenters. The van der Waals surface area contributed by atoms with Gasteiger partial charge in [-0.15, -0.1) is 0 Å². The summed E-state index contributed by atoms with van der Waals surface area (Å²) in [6, 6.07) is 0. The zero-order valence-electron chi connectivity index (χ0n) is 5.98. The van der Waals surface area contributed by atoms with E-state index in [1.54, 1.807) is 0 Å². The van der Waals surface area contributed by atoms with E-state index in [4.69, 9.17) is 0 Å². The Balaban J connectivity index is 2.86. The Morgan fingerprint density at radius 3 is 2.62 bits per heavy atom. The van der Waals surface area contributed by atoms with Gasteiger partial charge in [-0.1, -0.05) is 20.8 Å². The molecule has 1 radical (unpaired) electrons. The Labute approximate surface area is 57.1 Å². The first kappa shape index (κ1) is 8.35. The molecule has 0 saturated carbocycles. The smallest absolute Gasteiger partial charge is 0.00161 e. The maximum absolute atomic E-state index is 2.27. The summed E-state index contributed by atoms with van der Waals surface area (Å²) < 4.78 is 0. The van der Waals surface area contributed by atoms with Gasteiger partial charge < -0.3 is 0 Å². The van der Waals surface area contributed by atoms with Crippen LogP contribution in [-0.4, -0.2) is 11.0 Å². The van der Waals surface area contributed by atoms with Gasteiger partial charge in [-0.2, -0.15) is 11.8 Å². The van der Waals surface area contributed by atoms with Crippen LogP contribution in [0.1, 0.15) is 27.2 Å². The molecule has 0 spiro atoms. The van der Waals surface area contributed by atoms with E-state index in [0.717, 1.165) is 5.25 Å². The van der Waals surface area contributed by atoms with Crippen LogP contribution in [0.15, 0.2) is 0 Å². The molecule has 0 rings (SSSR count). The van der Waals surface area contributed by atoms with E-state index in [1.807, 2.05) is 11.8 Å². The second-order valence-electron chi connectivity index (χ2n) is 1.96. The van der Waals surface area contributed by atoms with Gasteiger partial charge in [-0.3, -0.25) is 0 Å². The average molecular weight is 131 g/mol. The van der Waals surface area contributed by atoms with Crippen LogP contribution in [-0.2, 0) is 0 Å². The zero-order valence-corrected chi connectivity index (χ0v) is 6.79. The van der Waals surface area contributed by atoms with Gasteiger partial charge in [0.25, 0.3) is 0 Å². The number of thioether (sulfide) groups is 1. The van der Waals surface area contributed by atoms with E-state index in [2.05, 4.69) is 27.2 Å². The van der Waals surface area contributed by atoms with Crippen molar-refractivity contribution in [3.05, 3.63) is 6.42 Å². The van der Waals surface area contributed by atoms with Crippen molar-refractivity contribution in [3.8, 4) is 0 Å². The predicted octanol–water partition coefficient (Wildman–Crippen LogP) is 2.74. The monoisotopic (exact) mass is 131 g/mol. The summed E-state index contributed by atoms with van der Waals surface area (Å²) in [5.74, 6) is 1.20. The maximum atomic E-state index is 2.27. The van der Waals surface area contributed by atoms with Gasteiger partial charge in [0.15, 0.2) is 0 Å². The lowest BCUT2D eigenvalue weighted by molar-refractivity contribution is 0.906. The molecule has 0 nitrogen and oxygen atoms in total. The Kier molecular flexibility index (Phi) is 5.73. The molecule has 0 aliphatic rings. The Hall–Kier alpha value is 0.350. The summed E-state index contributed by atoms with van der Waals surface area (Å²) in [6.07, 6.45) is 3.50. The molecule has 0 aromatic rings. The van der Waals surface area contributed by atoms with E-state index in [-0.39, 0.29) is 0 Å². The molecule has 0 fully saturated rings. The van der Waals surface area contributed by atoms with Crippen molar-refractivity contribution in [1.82, 2.24) is 0 Å². The van der Waals surface area contributed by atoms with Gasteiger partial charge in [-0.05, 0) is 18.6 Å². The fourth-order valence-corrected chi connectivity index (χ4v) is 1.14. The molecular formula is C7H15S. The highest BCUT2D eigenvalue weighted by molar-refractivity contribution is 7.99. The van der Waals surface area contributed by atoms with Crippen LogP contribution in [0.5, 0.6) is 0 Å². The van der Waals surface area contributed by atoms with Crippen molar-refractivity contribution in [2.45, 2.75) is 32.4 Å². The van der Waals surface area contributed by atoms with Gasteiger partial charge in [0, 0.05) is 5.25 Å². The minimum atomic E-state index is 0.839. The number of hydrogen-bond acceptors (Lipinski definition) is 1. The molecule has 0 amide bonds. The van der Waals surface area contributed by atoms with Crippen molar-refractivity contribution in [1.29, 1.82) is 0 Å². The highest BCUT2D eigenvalue weighted by Gasteiger charge is 1.94. The van der Waals surface area contributed by atoms with Crippen LogP contribution in [0.3, 0.4) is 0 Å². The third kappa shape index (κ3) is 4.51.